The lowest BCUT2D eigenvalue weighted by Gasteiger charge is -2.29. The lowest BCUT2D eigenvalue weighted by atomic mass is 10.0. The van der Waals surface area contributed by atoms with Crippen LogP contribution in [0.5, 0.6) is 0 Å². The second kappa shape index (κ2) is 7.90. The van der Waals surface area contributed by atoms with Crippen LogP contribution in [-0.2, 0) is 21.2 Å². The number of aliphatic carboxylic acids is 1. The third kappa shape index (κ3) is 4.14. The van der Waals surface area contributed by atoms with Crippen molar-refractivity contribution < 1.29 is 23.1 Å². The second-order valence-electron chi connectivity index (χ2n) is 7.36. The first-order valence-corrected chi connectivity index (χ1v) is 10.8. The number of urea groups is 1. The standard InChI is InChI=1S/C20H25N3O5S/c1-13-8-14(2)10-17(9-13)29(27,28)23(12-19(24)25)16-4-5-18-15(11-16)6-7-22(18)20(26)21-3/h4-5,8-9,11,17H,6-7,10,12H2,1-3H3,(H,21,26)(H,24,25). The van der Waals surface area contributed by atoms with E-state index in [1.165, 1.54) is 0 Å². The Bertz CT molecular complexity index is 1010. The minimum atomic E-state index is -3.95. The van der Waals surface area contributed by atoms with Gasteiger partial charge in [-0.05, 0) is 50.5 Å². The average molecular weight is 420 g/mol. The predicted molar refractivity (Wildman–Crippen MR) is 112 cm³/mol. The van der Waals surface area contributed by atoms with Gasteiger partial charge in [-0.1, -0.05) is 23.3 Å². The van der Waals surface area contributed by atoms with Gasteiger partial charge in [0, 0.05) is 19.3 Å². The highest BCUT2D eigenvalue weighted by molar-refractivity contribution is 7.93. The molecule has 1 aromatic rings. The van der Waals surface area contributed by atoms with Gasteiger partial charge in [0.05, 0.1) is 5.69 Å². The Kier molecular flexibility index (Phi) is 5.70. The number of hydrogen-bond acceptors (Lipinski definition) is 4. The van der Waals surface area contributed by atoms with Crippen molar-refractivity contribution >= 4 is 33.4 Å². The molecule has 0 bridgehead atoms. The maximum absolute atomic E-state index is 13.3. The van der Waals surface area contributed by atoms with Crippen molar-refractivity contribution in [1.29, 1.82) is 0 Å². The molecular formula is C20H25N3O5S. The molecule has 2 N–H and O–H groups in total. The molecule has 2 amide bonds. The summed E-state index contributed by atoms with van der Waals surface area (Å²) in [6.07, 6.45) is 4.49. The third-order valence-electron chi connectivity index (χ3n) is 5.12. The zero-order chi connectivity index (χ0) is 21.3. The molecule has 0 radical (unpaired) electrons. The van der Waals surface area contributed by atoms with Crippen molar-refractivity contribution in [3.8, 4) is 0 Å². The van der Waals surface area contributed by atoms with Gasteiger partial charge < -0.3 is 10.4 Å². The fourth-order valence-corrected chi connectivity index (χ4v) is 5.74. The van der Waals surface area contributed by atoms with Gasteiger partial charge in [0.1, 0.15) is 11.8 Å². The van der Waals surface area contributed by atoms with E-state index in [9.17, 15) is 23.1 Å². The summed E-state index contributed by atoms with van der Waals surface area (Å²) in [6.45, 7) is 3.52. The van der Waals surface area contributed by atoms with Crippen molar-refractivity contribution in [2.45, 2.75) is 31.9 Å². The average Bonchev–Trinajstić information content (AvgIpc) is 3.07. The number of amides is 2. The Morgan fingerprint density at radius 2 is 2.03 bits per heavy atom. The third-order valence-corrected chi connectivity index (χ3v) is 7.14. The lowest BCUT2D eigenvalue weighted by Crippen LogP contribution is -2.42. The molecule has 0 saturated carbocycles. The minimum Gasteiger partial charge on any atom is -0.480 e. The fraction of sp³-hybridized carbons (Fsp3) is 0.400. The minimum absolute atomic E-state index is 0.239. The zero-order valence-electron chi connectivity index (χ0n) is 16.7. The number of carbonyl (C=O) groups excluding carboxylic acids is 1. The van der Waals surface area contributed by atoms with Crippen LogP contribution >= 0.6 is 0 Å². The van der Waals surface area contributed by atoms with Gasteiger partial charge in [-0.2, -0.15) is 0 Å². The maximum atomic E-state index is 13.3. The van der Waals surface area contributed by atoms with Gasteiger partial charge in [-0.25, -0.2) is 13.2 Å². The quantitative estimate of drug-likeness (QED) is 0.761. The van der Waals surface area contributed by atoms with Crippen LogP contribution < -0.4 is 14.5 Å². The van der Waals surface area contributed by atoms with Crippen molar-refractivity contribution in [2.75, 3.05) is 29.3 Å². The number of anilines is 2. The largest absolute Gasteiger partial charge is 0.480 e. The van der Waals surface area contributed by atoms with Crippen molar-refractivity contribution in [2.24, 2.45) is 0 Å². The van der Waals surface area contributed by atoms with Crippen LogP contribution in [0.3, 0.4) is 0 Å². The second-order valence-corrected chi connectivity index (χ2v) is 9.44. The van der Waals surface area contributed by atoms with Gasteiger partial charge in [0.2, 0.25) is 10.0 Å². The molecule has 3 rings (SSSR count). The van der Waals surface area contributed by atoms with Gasteiger partial charge in [-0.15, -0.1) is 0 Å². The normalized spacial score (nSPS) is 18.6. The van der Waals surface area contributed by atoms with E-state index in [4.69, 9.17) is 0 Å². The summed E-state index contributed by atoms with van der Waals surface area (Å²) in [6, 6.07) is 4.66. The van der Waals surface area contributed by atoms with E-state index in [1.807, 2.05) is 19.9 Å². The molecule has 1 heterocycles. The van der Waals surface area contributed by atoms with Crippen LogP contribution in [0, 0.1) is 0 Å². The number of fused-ring (bicyclic) bond motifs is 1. The van der Waals surface area contributed by atoms with Crippen molar-refractivity contribution in [1.82, 2.24) is 5.32 Å². The molecule has 0 fully saturated rings. The summed E-state index contributed by atoms with van der Waals surface area (Å²) >= 11 is 0. The van der Waals surface area contributed by atoms with E-state index in [0.717, 1.165) is 21.0 Å². The molecule has 0 saturated heterocycles. The molecular weight excluding hydrogens is 394 g/mol. The van der Waals surface area contributed by atoms with Gasteiger partial charge in [-0.3, -0.25) is 14.0 Å². The SMILES string of the molecule is CNC(=O)N1CCc2cc(N(CC(=O)O)S(=O)(=O)C3C=C(C)C=C(C)C3)ccc21. The Hall–Kier alpha value is -2.81. The molecule has 0 spiro atoms. The number of sulfonamides is 1. The van der Waals surface area contributed by atoms with E-state index in [1.54, 1.807) is 36.2 Å². The highest BCUT2D eigenvalue weighted by Crippen LogP contribution is 2.34. The first-order chi connectivity index (χ1) is 13.6. The molecule has 1 atom stereocenters. The van der Waals surface area contributed by atoms with Crippen LogP contribution in [0.2, 0.25) is 0 Å². The monoisotopic (exact) mass is 419 g/mol. The van der Waals surface area contributed by atoms with Crippen molar-refractivity contribution in [3.05, 3.63) is 47.1 Å². The van der Waals surface area contributed by atoms with E-state index in [-0.39, 0.29) is 6.03 Å². The number of allylic oxidation sites excluding steroid dienone is 3. The molecule has 9 heteroatoms. The topological polar surface area (TPSA) is 107 Å². The molecule has 1 aromatic carbocycles. The molecule has 156 valence electrons. The number of rotatable bonds is 5. The highest BCUT2D eigenvalue weighted by atomic mass is 32.2. The Morgan fingerprint density at radius 3 is 2.66 bits per heavy atom. The molecule has 29 heavy (non-hydrogen) atoms. The summed E-state index contributed by atoms with van der Waals surface area (Å²) in [5.74, 6) is -1.23. The van der Waals surface area contributed by atoms with E-state index in [2.05, 4.69) is 5.32 Å². The zero-order valence-corrected chi connectivity index (χ0v) is 17.5. The highest BCUT2D eigenvalue weighted by Gasteiger charge is 2.34. The lowest BCUT2D eigenvalue weighted by molar-refractivity contribution is -0.135. The van der Waals surface area contributed by atoms with E-state index >= 15 is 0 Å². The van der Waals surface area contributed by atoms with Crippen LogP contribution in [0.1, 0.15) is 25.8 Å². The van der Waals surface area contributed by atoms with Crippen LogP contribution in [-0.4, -0.2) is 50.9 Å². The summed E-state index contributed by atoms with van der Waals surface area (Å²) in [5, 5.41) is 11.1. The first-order valence-electron chi connectivity index (χ1n) is 9.34. The summed E-state index contributed by atoms with van der Waals surface area (Å²) < 4.78 is 27.7. The number of carboxylic acid groups (broad SMARTS) is 1. The number of carboxylic acids is 1. The molecule has 1 aliphatic heterocycles. The number of carbonyl (C=O) groups is 2. The van der Waals surface area contributed by atoms with Crippen LogP contribution in [0.15, 0.2) is 41.5 Å². The first kappa shape index (κ1) is 20.9. The molecule has 1 unspecified atom stereocenters. The fourth-order valence-electron chi connectivity index (χ4n) is 3.86. The Balaban J connectivity index is 1.99. The molecule has 1 aliphatic carbocycles. The van der Waals surface area contributed by atoms with E-state index < -0.39 is 27.8 Å². The van der Waals surface area contributed by atoms with Crippen LogP contribution in [0.4, 0.5) is 16.2 Å². The van der Waals surface area contributed by atoms with Gasteiger partial charge >= 0.3 is 12.0 Å². The predicted octanol–water partition coefficient (Wildman–Crippen LogP) is 2.27. The van der Waals surface area contributed by atoms with Gasteiger partial charge in [0.15, 0.2) is 0 Å². The molecule has 0 aromatic heterocycles. The number of benzene rings is 1. The smallest absolute Gasteiger partial charge is 0.324 e. The summed E-state index contributed by atoms with van der Waals surface area (Å²) in [7, 11) is -2.40. The number of nitrogens with zero attached hydrogens (tertiary/aromatic N) is 2. The maximum Gasteiger partial charge on any atom is 0.324 e. The van der Waals surface area contributed by atoms with E-state index in [0.29, 0.717) is 30.8 Å². The Labute approximate surface area is 170 Å². The number of nitrogens with one attached hydrogen (secondary N) is 1. The molecule has 8 nitrogen and oxygen atoms in total. The Morgan fingerprint density at radius 1 is 1.31 bits per heavy atom. The molecule has 2 aliphatic rings. The number of hydrogen-bond donors (Lipinski definition) is 2. The van der Waals surface area contributed by atoms with Crippen molar-refractivity contribution in [3.63, 3.8) is 0 Å². The summed E-state index contributed by atoms with van der Waals surface area (Å²) in [4.78, 5) is 25.0. The van der Waals surface area contributed by atoms with Gasteiger partial charge in [0.25, 0.3) is 0 Å². The summed E-state index contributed by atoms with van der Waals surface area (Å²) in [5.41, 5.74) is 3.58. The van der Waals surface area contributed by atoms with Crippen LogP contribution in [0.25, 0.3) is 0 Å².